The van der Waals surface area contributed by atoms with Crippen molar-refractivity contribution in [2.24, 2.45) is 0 Å². The molecule has 1 aromatic rings. The maximum absolute atomic E-state index is 12.5. The molecular weight excluding hydrogens is 284 g/mol. The van der Waals surface area contributed by atoms with Gasteiger partial charge in [-0.1, -0.05) is 18.2 Å². The first kappa shape index (κ1) is 16.5. The highest BCUT2D eigenvalue weighted by Crippen LogP contribution is 2.22. The fourth-order valence-corrected chi connectivity index (χ4v) is 4.36. The maximum atomic E-state index is 12.5. The first-order valence-corrected chi connectivity index (χ1v) is 9.01. The Morgan fingerprint density at radius 3 is 2.24 bits per heavy atom. The summed E-state index contributed by atoms with van der Waals surface area (Å²) in [4.78, 5) is 2.80. The predicted octanol–water partition coefficient (Wildman–Crippen LogP) is 2.54. The summed E-state index contributed by atoms with van der Waals surface area (Å²) in [5.74, 6) is 0. The van der Waals surface area contributed by atoms with Crippen LogP contribution in [0.4, 0.5) is 0 Å². The molecule has 5 heteroatoms. The van der Waals surface area contributed by atoms with Gasteiger partial charge in [-0.05, 0) is 52.2 Å². The third kappa shape index (κ3) is 4.05. The van der Waals surface area contributed by atoms with Crippen molar-refractivity contribution in [1.29, 1.82) is 0 Å². The third-order valence-electron chi connectivity index (χ3n) is 4.15. The zero-order chi connectivity index (χ0) is 15.7. The lowest BCUT2D eigenvalue weighted by atomic mass is 9.99. The summed E-state index contributed by atoms with van der Waals surface area (Å²) in [6.07, 6.45) is 1.73. The van der Waals surface area contributed by atoms with E-state index in [4.69, 9.17) is 0 Å². The SMILES string of the molecule is Cc1ccccc1S(=O)(=O)NC1CCN(C(C)(C)C)CC1. The first-order chi connectivity index (χ1) is 9.70. The Hall–Kier alpha value is -0.910. The van der Waals surface area contributed by atoms with E-state index in [0.717, 1.165) is 31.5 Å². The molecule has 1 fully saturated rings. The van der Waals surface area contributed by atoms with Crippen LogP contribution in [0.5, 0.6) is 0 Å². The Balaban J connectivity index is 2.02. The van der Waals surface area contributed by atoms with Crippen molar-refractivity contribution in [3.63, 3.8) is 0 Å². The topological polar surface area (TPSA) is 49.4 Å². The summed E-state index contributed by atoms with van der Waals surface area (Å²) in [6.45, 7) is 10.3. The largest absolute Gasteiger partial charge is 0.298 e. The number of piperidine rings is 1. The number of sulfonamides is 1. The summed E-state index contributed by atoms with van der Waals surface area (Å²) in [6, 6.07) is 7.16. The number of nitrogens with zero attached hydrogens (tertiary/aromatic N) is 1. The molecule has 0 spiro atoms. The van der Waals surface area contributed by atoms with Crippen LogP contribution in [-0.2, 0) is 10.0 Å². The lowest BCUT2D eigenvalue weighted by Gasteiger charge is -2.40. The van der Waals surface area contributed by atoms with Gasteiger partial charge in [0.25, 0.3) is 0 Å². The molecule has 1 aliphatic rings. The predicted molar refractivity (Wildman–Crippen MR) is 85.8 cm³/mol. The Labute approximate surface area is 128 Å². The minimum atomic E-state index is -3.41. The molecule has 4 nitrogen and oxygen atoms in total. The van der Waals surface area contributed by atoms with Gasteiger partial charge < -0.3 is 0 Å². The molecule has 1 aliphatic heterocycles. The van der Waals surface area contributed by atoms with Crippen molar-refractivity contribution in [3.8, 4) is 0 Å². The van der Waals surface area contributed by atoms with Gasteiger partial charge in [-0.15, -0.1) is 0 Å². The second-order valence-electron chi connectivity index (χ2n) is 6.82. The summed E-state index contributed by atoms with van der Waals surface area (Å²) < 4.78 is 27.8. The highest BCUT2D eigenvalue weighted by atomic mass is 32.2. The maximum Gasteiger partial charge on any atom is 0.241 e. The summed E-state index contributed by atoms with van der Waals surface area (Å²) >= 11 is 0. The molecule has 0 bridgehead atoms. The van der Waals surface area contributed by atoms with Gasteiger partial charge in [-0.3, -0.25) is 4.90 Å². The van der Waals surface area contributed by atoms with E-state index < -0.39 is 10.0 Å². The molecule has 0 unspecified atom stereocenters. The quantitative estimate of drug-likeness (QED) is 0.933. The molecule has 1 N–H and O–H groups in total. The number of nitrogens with one attached hydrogen (secondary N) is 1. The molecule has 1 saturated heterocycles. The number of hydrogen-bond donors (Lipinski definition) is 1. The van der Waals surface area contributed by atoms with Crippen molar-refractivity contribution < 1.29 is 8.42 Å². The molecule has 0 radical (unpaired) electrons. The van der Waals surface area contributed by atoms with Crippen molar-refractivity contribution in [2.45, 2.75) is 57.0 Å². The van der Waals surface area contributed by atoms with Gasteiger partial charge in [0, 0.05) is 24.7 Å². The summed E-state index contributed by atoms with van der Waals surface area (Å²) in [7, 11) is -3.41. The first-order valence-electron chi connectivity index (χ1n) is 7.53. The van der Waals surface area contributed by atoms with Crippen molar-refractivity contribution >= 4 is 10.0 Å². The molecular formula is C16H26N2O2S. The van der Waals surface area contributed by atoms with Gasteiger partial charge in [-0.25, -0.2) is 13.1 Å². The fourth-order valence-electron chi connectivity index (χ4n) is 2.81. The molecule has 0 saturated carbocycles. The fraction of sp³-hybridized carbons (Fsp3) is 0.625. The van der Waals surface area contributed by atoms with Crippen molar-refractivity contribution in [1.82, 2.24) is 9.62 Å². The lowest BCUT2D eigenvalue weighted by Crippen LogP contribution is -2.50. The third-order valence-corrected chi connectivity index (χ3v) is 5.83. The standard InChI is InChI=1S/C16H26N2O2S/c1-13-7-5-6-8-15(13)21(19,20)17-14-9-11-18(12-10-14)16(2,3)4/h5-8,14,17H,9-12H2,1-4H3. The number of hydrogen-bond acceptors (Lipinski definition) is 3. The minimum Gasteiger partial charge on any atom is -0.298 e. The molecule has 1 heterocycles. The number of rotatable bonds is 3. The van der Waals surface area contributed by atoms with Crippen molar-refractivity contribution in [3.05, 3.63) is 29.8 Å². The van der Waals surface area contributed by atoms with Crippen LogP contribution in [-0.4, -0.2) is 38.0 Å². The lowest BCUT2D eigenvalue weighted by molar-refractivity contribution is 0.100. The van der Waals surface area contributed by atoms with Crippen LogP contribution in [0.15, 0.2) is 29.2 Å². The smallest absolute Gasteiger partial charge is 0.241 e. The number of likely N-dealkylation sites (tertiary alicyclic amines) is 1. The second kappa shape index (κ2) is 6.07. The molecule has 0 aromatic heterocycles. The Bertz CT molecular complexity index is 583. The second-order valence-corrected chi connectivity index (χ2v) is 8.50. The molecule has 21 heavy (non-hydrogen) atoms. The van der Waals surface area contributed by atoms with Gasteiger partial charge >= 0.3 is 0 Å². The molecule has 1 aromatic carbocycles. The number of benzene rings is 1. The average Bonchev–Trinajstić information content (AvgIpc) is 2.38. The monoisotopic (exact) mass is 310 g/mol. The van der Waals surface area contributed by atoms with Gasteiger partial charge in [0.05, 0.1) is 4.90 Å². The van der Waals surface area contributed by atoms with Crippen LogP contribution in [0.3, 0.4) is 0 Å². The molecule has 0 aliphatic carbocycles. The zero-order valence-electron chi connectivity index (χ0n) is 13.4. The van der Waals surface area contributed by atoms with Crippen LogP contribution in [0.25, 0.3) is 0 Å². The van der Waals surface area contributed by atoms with Crippen LogP contribution in [0, 0.1) is 6.92 Å². The highest BCUT2D eigenvalue weighted by molar-refractivity contribution is 7.89. The average molecular weight is 310 g/mol. The van der Waals surface area contributed by atoms with Crippen LogP contribution >= 0.6 is 0 Å². The van der Waals surface area contributed by atoms with E-state index in [2.05, 4.69) is 30.4 Å². The van der Waals surface area contributed by atoms with E-state index in [0.29, 0.717) is 4.90 Å². The van der Waals surface area contributed by atoms with E-state index in [1.54, 1.807) is 12.1 Å². The summed E-state index contributed by atoms with van der Waals surface area (Å²) in [5, 5.41) is 0. The Kier molecular flexibility index (Phi) is 4.76. The van der Waals surface area contributed by atoms with Gasteiger partial charge in [0.15, 0.2) is 0 Å². The highest BCUT2D eigenvalue weighted by Gasteiger charge is 2.29. The van der Waals surface area contributed by atoms with E-state index >= 15 is 0 Å². The summed E-state index contributed by atoms with van der Waals surface area (Å²) in [5.41, 5.74) is 0.942. The zero-order valence-corrected chi connectivity index (χ0v) is 14.2. The van der Waals surface area contributed by atoms with E-state index in [9.17, 15) is 8.42 Å². The molecule has 0 amide bonds. The van der Waals surface area contributed by atoms with E-state index in [1.807, 2.05) is 19.1 Å². The van der Waals surface area contributed by atoms with E-state index in [1.165, 1.54) is 0 Å². The van der Waals surface area contributed by atoms with Gasteiger partial charge in [0.2, 0.25) is 10.0 Å². The van der Waals surface area contributed by atoms with Crippen molar-refractivity contribution in [2.75, 3.05) is 13.1 Å². The number of aryl methyl sites for hydroxylation is 1. The normalized spacial score (nSPS) is 18.9. The van der Waals surface area contributed by atoms with E-state index in [-0.39, 0.29) is 11.6 Å². The molecule has 2 rings (SSSR count). The van der Waals surface area contributed by atoms with Gasteiger partial charge in [-0.2, -0.15) is 0 Å². The Morgan fingerprint density at radius 1 is 1.14 bits per heavy atom. The van der Waals surface area contributed by atoms with Crippen LogP contribution < -0.4 is 4.72 Å². The minimum absolute atomic E-state index is 0.0354. The van der Waals surface area contributed by atoms with Gasteiger partial charge in [0.1, 0.15) is 0 Å². The molecule has 118 valence electrons. The van der Waals surface area contributed by atoms with Crippen LogP contribution in [0.1, 0.15) is 39.2 Å². The molecule has 0 atom stereocenters. The van der Waals surface area contributed by atoms with Crippen LogP contribution in [0.2, 0.25) is 0 Å². The Morgan fingerprint density at radius 2 is 1.71 bits per heavy atom.